The van der Waals surface area contributed by atoms with Crippen LogP contribution in [0, 0.1) is 13.8 Å². The first-order valence-electron chi connectivity index (χ1n) is 4.92. The summed E-state index contributed by atoms with van der Waals surface area (Å²) in [4.78, 5) is 5.47. The fourth-order valence-electron chi connectivity index (χ4n) is 1.70. The van der Waals surface area contributed by atoms with Gasteiger partial charge in [0.05, 0.1) is 16.1 Å². The Hall–Kier alpha value is -1.19. The van der Waals surface area contributed by atoms with Gasteiger partial charge < -0.3 is 5.73 Å². The SMILES string of the molecule is Cc1ccc(-c2scnc2CN)c(C)c1. The Morgan fingerprint density at radius 3 is 2.80 bits per heavy atom. The van der Waals surface area contributed by atoms with E-state index in [4.69, 9.17) is 5.73 Å². The van der Waals surface area contributed by atoms with Crippen LogP contribution < -0.4 is 5.73 Å². The first kappa shape index (κ1) is 10.3. The van der Waals surface area contributed by atoms with E-state index in [-0.39, 0.29) is 0 Å². The van der Waals surface area contributed by atoms with Gasteiger partial charge in [-0.15, -0.1) is 11.3 Å². The second kappa shape index (κ2) is 4.13. The molecule has 0 atom stereocenters. The summed E-state index contributed by atoms with van der Waals surface area (Å²) in [6.07, 6.45) is 0. The Bertz CT molecular complexity index is 474. The van der Waals surface area contributed by atoms with Gasteiger partial charge in [0.25, 0.3) is 0 Å². The topological polar surface area (TPSA) is 38.9 Å². The van der Waals surface area contributed by atoms with E-state index in [0.717, 1.165) is 5.69 Å². The molecule has 2 N–H and O–H groups in total. The summed E-state index contributed by atoms with van der Waals surface area (Å²) in [5.41, 5.74) is 12.3. The molecule has 0 unspecified atom stereocenters. The lowest BCUT2D eigenvalue weighted by Gasteiger charge is -2.05. The van der Waals surface area contributed by atoms with Gasteiger partial charge in [0, 0.05) is 6.54 Å². The van der Waals surface area contributed by atoms with E-state index in [0.29, 0.717) is 6.54 Å². The van der Waals surface area contributed by atoms with Crippen LogP contribution in [0.25, 0.3) is 10.4 Å². The molecule has 2 rings (SSSR count). The molecule has 0 fully saturated rings. The molecule has 0 amide bonds. The predicted molar refractivity (Wildman–Crippen MR) is 64.9 cm³/mol. The standard InChI is InChI=1S/C12H14N2S/c1-8-3-4-10(9(2)5-8)12-11(6-13)14-7-15-12/h3-5,7H,6,13H2,1-2H3. The molecule has 0 saturated carbocycles. The third-order valence-electron chi connectivity index (χ3n) is 2.46. The molecule has 0 aliphatic rings. The van der Waals surface area contributed by atoms with Crippen molar-refractivity contribution in [3.8, 4) is 10.4 Å². The van der Waals surface area contributed by atoms with Crippen molar-refractivity contribution < 1.29 is 0 Å². The monoisotopic (exact) mass is 218 g/mol. The molecule has 1 aromatic carbocycles. The second-order valence-electron chi connectivity index (χ2n) is 3.65. The quantitative estimate of drug-likeness (QED) is 0.841. The molecule has 1 aromatic heterocycles. The van der Waals surface area contributed by atoms with E-state index in [2.05, 4.69) is 37.0 Å². The van der Waals surface area contributed by atoms with E-state index < -0.39 is 0 Å². The third-order valence-corrected chi connectivity index (χ3v) is 3.36. The lowest BCUT2D eigenvalue weighted by molar-refractivity contribution is 1.01. The molecule has 0 aliphatic heterocycles. The van der Waals surface area contributed by atoms with Crippen molar-refractivity contribution in [1.29, 1.82) is 0 Å². The van der Waals surface area contributed by atoms with Gasteiger partial charge in [-0.25, -0.2) is 4.98 Å². The van der Waals surface area contributed by atoms with Crippen molar-refractivity contribution in [2.75, 3.05) is 0 Å². The van der Waals surface area contributed by atoms with Gasteiger partial charge >= 0.3 is 0 Å². The van der Waals surface area contributed by atoms with Crippen LogP contribution in [0.4, 0.5) is 0 Å². The summed E-state index contributed by atoms with van der Waals surface area (Å²) in [6, 6.07) is 6.47. The van der Waals surface area contributed by atoms with Gasteiger partial charge in [-0.1, -0.05) is 23.8 Å². The summed E-state index contributed by atoms with van der Waals surface area (Å²) in [5, 5.41) is 0. The van der Waals surface area contributed by atoms with Crippen molar-refractivity contribution >= 4 is 11.3 Å². The molecule has 0 aliphatic carbocycles. The minimum Gasteiger partial charge on any atom is -0.325 e. The lowest BCUT2D eigenvalue weighted by atomic mass is 10.0. The largest absolute Gasteiger partial charge is 0.325 e. The minimum absolute atomic E-state index is 0.506. The zero-order valence-corrected chi connectivity index (χ0v) is 9.77. The van der Waals surface area contributed by atoms with Gasteiger partial charge in [-0.05, 0) is 25.0 Å². The van der Waals surface area contributed by atoms with Gasteiger partial charge in [0.15, 0.2) is 0 Å². The fourth-order valence-corrected chi connectivity index (χ4v) is 2.62. The number of hydrogen-bond donors (Lipinski definition) is 1. The normalized spacial score (nSPS) is 10.6. The fraction of sp³-hybridized carbons (Fsp3) is 0.250. The van der Waals surface area contributed by atoms with Crippen LogP contribution in [0.15, 0.2) is 23.7 Å². The summed E-state index contributed by atoms with van der Waals surface area (Å²) >= 11 is 1.66. The van der Waals surface area contributed by atoms with Gasteiger partial charge in [-0.2, -0.15) is 0 Å². The zero-order chi connectivity index (χ0) is 10.8. The van der Waals surface area contributed by atoms with Crippen molar-refractivity contribution in [3.63, 3.8) is 0 Å². The van der Waals surface area contributed by atoms with Crippen molar-refractivity contribution in [2.24, 2.45) is 5.73 Å². The average Bonchev–Trinajstić information content (AvgIpc) is 2.65. The molecule has 0 bridgehead atoms. The van der Waals surface area contributed by atoms with E-state index in [1.54, 1.807) is 11.3 Å². The molecular weight excluding hydrogens is 204 g/mol. The highest BCUT2D eigenvalue weighted by Crippen LogP contribution is 2.30. The Kier molecular flexibility index (Phi) is 2.84. The first-order valence-corrected chi connectivity index (χ1v) is 5.80. The van der Waals surface area contributed by atoms with Gasteiger partial charge in [-0.3, -0.25) is 0 Å². The summed E-state index contributed by atoms with van der Waals surface area (Å²) in [6.45, 7) is 4.74. The van der Waals surface area contributed by atoms with Gasteiger partial charge in [0.2, 0.25) is 0 Å². The maximum absolute atomic E-state index is 5.66. The number of hydrogen-bond acceptors (Lipinski definition) is 3. The summed E-state index contributed by atoms with van der Waals surface area (Å²) in [7, 11) is 0. The molecule has 78 valence electrons. The Balaban J connectivity index is 2.54. The molecular formula is C12H14N2S. The maximum atomic E-state index is 5.66. The average molecular weight is 218 g/mol. The highest BCUT2D eigenvalue weighted by molar-refractivity contribution is 7.13. The first-order chi connectivity index (χ1) is 7.22. The number of aromatic nitrogens is 1. The van der Waals surface area contributed by atoms with Crippen LogP contribution in [0.2, 0.25) is 0 Å². The molecule has 1 heterocycles. The molecule has 2 aromatic rings. The second-order valence-corrected chi connectivity index (χ2v) is 4.51. The van der Waals surface area contributed by atoms with E-state index in [1.165, 1.54) is 21.6 Å². The molecule has 0 radical (unpaired) electrons. The van der Waals surface area contributed by atoms with Crippen LogP contribution in [0.5, 0.6) is 0 Å². The van der Waals surface area contributed by atoms with E-state index in [1.807, 2.05) is 5.51 Å². The number of benzene rings is 1. The van der Waals surface area contributed by atoms with Crippen LogP contribution in [-0.4, -0.2) is 4.98 Å². The highest BCUT2D eigenvalue weighted by atomic mass is 32.1. The Labute approximate surface area is 93.8 Å². The number of thiazole rings is 1. The summed E-state index contributed by atoms with van der Waals surface area (Å²) in [5.74, 6) is 0. The molecule has 0 spiro atoms. The van der Waals surface area contributed by atoms with Gasteiger partial charge in [0.1, 0.15) is 0 Å². The zero-order valence-electron chi connectivity index (χ0n) is 8.95. The maximum Gasteiger partial charge on any atom is 0.0802 e. The minimum atomic E-state index is 0.506. The van der Waals surface area contributed by atoms with Crippen LogP contribution in [0.3, 0.4) is 0 Å². The molecule has 0 saturated heterocycles. The number of nitrogens with zero attached hydrogens (tertiary/aromatic N) is 1. The Morgan fingerprint density at radius 2 is 2.13 bits per heavy atom. The molecule has 15 heavy (non-hydrogen) atoms. The van der Waals surface area contributed by atoms with E-state index in [9.17, 15) is 0 Å². The smallest absolute Gasteiger partial charge is 0.0802 e. The van der Waals surface area contributed by atoms with E-state index >= 15 is 0 Å². The van der Waals surface area contributed by atoms with Crippen molar-refractivity contribution in [2.45, 2.75) is 20.4 Å². The predicted octanol–water partition coefficient (Wildman–Crippen LogP) is 2.89. The number of rotatable bonds is 2. The number of aryl methyl sites for hydroxylation is 2. The van der Waals surface area contributed by atoms with Crippen LogP contribution in [-0.2, 0) is 6.54 Å². The molecule has 3 heteroatoms. The summed E-state index contributed by atoms with van der Waals surface area (Å²) < 4.78 is 0. The van der Waals surface area contributed by atoms with Crippen LogP contribution in [0.1, 0.15) is 16.8 Å². The van der Waals surface area contributed by atoms with Crippen molar-refractivity contribution in [1.82, 2.24) is 4.98 Å². The van der Waals surface area contributed by atoms with Crippen molar-refractivity contribution in [3.05, 3.63) is 40.5 Å². The lowest BCUT2D eigenvalue weighted by Crippen LogP contribution is -1.98. The molecule has 2 nitrogen and oxygen atoms in total. The third kappa shape index (κ3) is 1.94. The Morgan fingerprint density at radius 1 is 1.33 bits per heavy atom. The number of nitrogens with two attached hydrogens (primary N) is 1. The highest BCUT2D eigenvalue weighted by Gasteiger charge is 2.09. The van der Waals surface area contributed by atoms with Crippen LogP contribution >= 0.6 is 11.3 Å².